The molecule has 0 fully saturated rings. The third-order valence-electron chi connectivity index (χ3n) is 0.813. The molecule has 0 aliphatic heterocycles. The van der Waals surface area contributed by atoms with E-state index in [1.807, 2.05) is 0 Å². The summed E-state index contributed by atoms with van der Waals surface area (Å²) in [6.07, 6.45) is 2.11. The van der Waals surface area contributed by atoms with Gasteiger partial charge in [0.15, 0.2) is 0 Å². The van der Waals surface area contributed by atoms with E-state index in [1.165, 1.54) is 27.7 Å². The molecule has 88 valence electrons. The molecule has 0 spiro atoms. The van der Waals surface area contributed by atoms with Crippen LogP contribution < -0.4 is 0 Å². The minimum Gasteiger partial charge on any atom is -0.334 e. The standard InChI is InChI=1S/2C5H7O2.Pd/c2*1-4(6)3-5(2)7;/h2*3H,1-2H3;/q2*-1;+2. The van der Waals surface area contributed by atoms with Crippen molar-refractivity contribution in [3.8, 4) is 0 Å². The summed E-state index contributed by atoms with van der Waals surface area (Å²) in [5.74, 6) is -0.750. The average Bonchev–Trinajstić information content (AvgIpc) is 1.79. The van der Waals surface area contributed by atoms with E-state index >= 15 is 0 Å². The first-order chi connectivity index (χ1) is 6.25. The number of rotatable bonds is 4. The number of carbonyl (C=O) groups excluding carboxylic acids is 4. The predicted molar refractivity (Wildman–Crippen MR) is 51.3 cm³/mol. The first-order valence-corrected chi connectivity index (χ1v) is 3.97. The number of carbonyl (C=O) groups is 4. The van der Waals surface area contributed by atoms with Crippen molar-refractivity contribution in [1.82, 2.24) is 0 Å². The fraction of sp³-hybridized carbons (Fsp3) is 0.400. The van der Waals surface area contributed by atoms with Crippen molar-refractivity contribution in [3.05, 3.63) is 12.8 Å². The minimum absolute atomic E-state index is 0. The number of Topliss-reactive ketones (excluding diaryl/α,β-unsaturated/α-hetero) is 4. The van der Waals surface area contributed by atoms with Crippen molar-refractivity contribution in [2.75, 3.05) is 0 Å². The molecule has 0 rings (SSSR count). The molecule has 0 N–H and O–H groups in total. The van der Waals surface area contributed by atoms with Crippen LogP contribution in [-0.2, 0) is 39.6 Å². The third kappa shape index (κ3) is 32.0. The molecule has 0 aliphatic carbocycles. The van der Waals surface area contributed by atoms with E-state index in [0.29, 0.717) is 0 Å². The normalized spacial score (nSPS) is 7.20. The summed E-state index contributed by atoms with van der Waals surface area (Å²) < 4.78 is 0. The summed E-state index contributed by atoms with van der Waals surface area (Å²) in [7, 11) is 0. The van der Waals surface area contributed by atoms with Crippen LogP contribution in [0.2, 0.25) is 0 Å². The molecule has 15 heavy (non-hydrogen) atoms. The van der Waals surface area contributed by atoms with Gasteiger partial charge >= 0.3 is 20.4 Å². The summed E-state index contributed by atoms with van der Waals surface area (Å²) in [6.45, 7) is 5.39. The van der Waals surface area contributed by atoms with Crippen LogP contribution in [0.3, 0.4) is 0 Å². The zero-order chi connectivity index (χ0) is 11.7. The maximum absolute atomic E-state index is 9.98. The molecule has 0 atom stereocenters. The van der Waals surface area contributed by atoms with E-state index in [2.05, 4.69) is 0 Å². The molecule has 0 saturated heterocycles. The Hall–Kier alpha value is -0.918. The Bertz CT molecular complexity index is 196. The van der Waals surface area contributed by atoms with Gasteiger partial charge in [-0.05, 0) is 27.7 Å². The maximum atomic E-state index is 9.98. The minimum atomic E-state index is -0.187. The van der Waals surface area contributed by atoms with E-state index in [9.17, 15) is 19.2 Å². The van der Waals surface area contributed by atoms with Crippen LogP contribution in [0.5, 0.6) is 0 Å². The molecular formula is C10H14O4Pd. The second-order valence-corrected chi connectivity index (χ2v) is 2.73. The Morgan fingerprint density at radius 3 is 0.733 bits per heavy atom. The quantitative estimate of drug-likeness (QED) is 0.436. The molecule has 0 radical (unpaired) electrons. The van der Waals surface area contributed by atoms with Crippen molar-refractivity contribution in [2.24, 2.45) is 0 Å². The Labute approximate surface area is 103 Å². The smallest absolute Gasteiger partial charge is 0.334 e. The number of hydrogen-bond donors (Lipinski definition) is 0. The van der Waals surface area contributed by atoms with E-state index in [4.69, 9.17) is 0 Å². The van der Waals surface area contributed by atoms with Gasteiger partial charge in [0, 0.05) is 23.1 Å². The van der Waals surface area contributed by atoms with Gasteiger partial charge in [-0.25, -0.2) is 0 Å². The molecular weight excluding hydrogens is 291 g/mol. The Balaban J connectivity index is -0.000000180. The van der Waals surface area contributed by atoms with Crippen LogP contribution in [-0.4, -0.2) is 23.1 Å². The van der Waals surface area contributed by atoms with Gasteiger partial charge in [-0.15, -0.1) is 0 Å². The third-order valence-corrected chi connectivity index (χ3v) is 0.813. The summed E-state index contributed by atoms with van der Waals surface area (Å²) in [6, 6.07) is 0. The summed E-state index contributed by atoms with van der Waals surface area (Å²) in [5.41, 5.74) is 0. The molecule has 4 nitrogen and oxygen atoms in total. The molecule has 0 aromatic rings. The first kappa shape index (κ1) is 19.6. The molecule has 0 amide bonds. The van der Waals surface area contributed by atoms with Crippen molar-refractivity contribution < 1.29 is 39.6 Å². The Kier molecular flexibility index (Phi) is 14.6. The van der Waals surface area contributed by atoms with Gasteiger partial charge < -0.3 is 19.2 Å². The Morgan fingerprint density at radius 1 is 0.600 bits per heavy atom. The maximum Gasteiger partial charge on any atom is 2.00 e. The van der Waals surface area contributed by atoms with Crippen molar-refractivity contribution in [3.63, 3.8) is 0 Å². The van der Waals surface area contributed by atoms with Gasteiger partial charge in [0.1, 0.15) is 0 Å². The second kappa shape index (κ2) is 11.2. The SMILES string of the molecule is CC(=O)[CH-]C(C)=O.CC(=O)[CH-]C(C)=O.[Pd+2]. The Morgan fingerprint density at radius 2 is 0.733 bits per heavy atom. The van der Waals surface area contributed by atoms with Crippen LogP contribution in [0.25, 0.3) is 0 Å². The molecule has 0 aromatic heterocycles. The van der Waals surface area contributed by atoms with Gasteiger partial charge in [-0.3, -0.25) is 12.8 Å². The van der Waals surface area contributed by atoms with Gasteiger partial charge in [0.05, 0.1) is 0 Å². The van der Waals surface area contributed by atoms with Crippen LogP contribution >= 0.6 is 0 Å². The molecule has 0 saturated carbocycles. The zero-order valence-electron chi connectivity index (χ0n) is 9.10. The van der Waals surface area contributed by atoms with Crippen LogP contribution in [0, 0.1) is 12.8 Å². The van der Waals surface area contributed by atoms with Crippen LogP contribution in [0.1, 0.15) is 27.7 Å². The number of hydrogen-bond acceptors (Lipinski definition) is 4. The fourth-order valence-corrected chi connectivity index (χ4v) is 0.572. The van der Waals surface area contributed by atoms with Crippen molar-refractivity contribution >= 4 is 23.1 Å². The molecule has 0 heterocycles. The predicted octanol–water partition coefficient (Wildman–Crippen LogP) is 0.735. The summed E-state index contributed by atoms with van der Waals surface area (Å²) in [4.78, 5) is 39.9. The second-order valence-electron chi connectivity index (χ2n) is 2.73. The van der Waals surface area contributed by atoms with Gasteiger partial charge in [-0.2, -0.15) is 0 Å². The zero-order valence-corrected chi connectivity index (χ0v) is 10.7. The molecule has 0 unspecified atom stereocenters. The monoisotopic (exact) mass is 304 g/mol. The van der Waals surface area contributed by atoms with Crippen LogP contribution in [0.4, 0.5) is 0 Å². The van der Waals surface area contributed by atoms with Gasteiger partial charge in [-0.1, -0.05) is 0 Å². The fourth-order valence-electron chi connectivity index (χ4n) is 0.572. The van der Waals surface area contributed by atoms with E-state index in [1.54, 1.807) is 0 Å². The first-order valence-electron chi connectivity index (χ1n) is 3.97. The van der Waals surface area contributed by atoms with E-state index in [0.717, 1.165) is 12.8 Å². The summed E-state index contributed by atoms with van der Waals surface area (Å²) in [5, 5.41) is 0. The van der Waals surface area contributed by atoms with Crippen molar-refractivity contribution in [1.29, 1.82) is 0 Å². The van der Waals surface area contributed by atoms with Gasteiger partial charge in [0.25, 0.3) is 0 Å². The average molecular weight is 305 g/mol. The van der Waals surface area contributed by atoms with E-state index in [-0.39, 0.29) is 43.6 Å². The van der Waals surface area contributed by atoms with Gasteiger partial charge in [0.2, 0.25) is 0 Å². The largest absolute Gasteiger partial charge is 2.00 e. The van der Waals surface area contributed by atoms with E-state index < -0.39 is 0 Å². The van der Waals surface area contributed by atoms with Crippen LogP contribution in [0.15, 0.2) is 0 Å². The van der Waals surface area contributed by atoms with Crippen molar-refractivity contribution in [2.45, 2.75) is 27.7 Å². The molecule has 0 aliphatic rings. The molecule has 0 bridgehead atoms. The summed E-state index contributed by atoms with van der Waals surface area (Å²) >= 11 is 0. The number of ketones is 4. The molecule has 0 aromatic carbocycles. The topological polar surface area (TPSA) is 68.3 Å². The molecule has 5 heteroatoms.